The molecule has 1 atom stereocenters. The van der Waals surface area contributed by atoms with Crippen LogP contribution in [0, 0.1) is 20.2 Å². The van der Waals surface area contributed by atoms with Crippen molar-refractivity contribution in [3.05, 3.63) is 79.9 Å². The lowest BCUT2D eigenvalue weighted by atomic mass is 10.2. The molecule has 0 saturated carbocycles. The second-order valence-electron chi connectivity index (χ2n) is 5.59. The zero-order chi connectivity index (χ0) is 20.7. The normalized spacial score (nSPS) is 11.6. The molecule has 0 bridgehead atoms. The molecule has 0 radical (unpaired) electrons. The van der Waals surface area contributed by atoms with Crippen molar-refractivity contribution in [3.63, 3.8) is 0 Å². The third-order valence-electron chi connectivity index (χ3n) is 3.55. The summed E-state index contributed by atoms with van der Waals surface area (Å²) in [5.41, 5.74) is 2.52. The van der Waals surface area contributed by atoms with Gasteiger partial charge < -0.3 is 5.32 Å². The summed E-state index contributed by atoms with van der Waals surface area (Å²) < 4.78 is 0. The highest BCUT2D eigenvalue weighted by atomic mass is 16.6. The summed E-state index contributed by atoms with van der Waals surface area (Å²) >= 11 is 0. The van der Waals surface area contributed by atoms with Crippen LogP contribution in [0.3, 0.4) is 0 Å². The number of benzene rings is 2. The van der Waals surface area contributed by atoms with Gasteiger partial charge in [-0.05, 0) is 19.1 Å². The fourth-order valence-corrected chi connectivity index (χ4v) is 2.07. The van der Waals surface area contributed by atoms with Crippen LogP contribution in [-0.2, 0) is 4.79 Å². The standard InChI is InChI=1S/C17H15N5O6/c1-11(19-17(24)13-5-7-14(8-6-13)21(25)26)16(23)20-18-10-12-3-2-4-15(9-12)22(27)28/h2-11H,1H3,(H,19,24)(H,20,23). The van der Waals surface area contributed by atoms with E-state index in [4.69, 9.17) is 0 Å². The van der Waals surface area contributed by atoms with Crippen molar-refractivity contribution in [3.8, 4) is 0 Å². The highest BCUT2D eigenvalue weighted by Gasteiger charge is 2.17. The molecule has 2 aromatic carbocycles. The number of hydrogen-bond donors (Lipinski definition) is 2. The van der Waals surface area contributed by atoms with Gasteiger partial charge in [-0.2, -0.15) is 5.10 Å². The van der Waals surface area contributed by atoms with Gasteiger partial charge in [0.15, 0.2) is 0 Å². The summed E-state index contributed by atoms with van der Waals surface area (Å²) in [6, 6.07) is 9.64. The van der Waals surface area contributed by atoms with Gasteiger partial charge in [-0.1, -0.05) is 12.1 Å². The Hall–Kier alpha value is -4.15. The molecule has 0 aliphatic heterocycles. The molecular weight excluding hydrogens is 370 g/mol. The van der Waals surface area contributed by atoms with Crippen molar-refractivity contribution in [1.82, 2.24) is 10.7 Å². The van der Waals surface area contributed by atoms with Crippen LogP contribution in [0.1, 0.15) is 22.8 Å². The Labute approximate surface area is 158 Å². The minimum atomic E-state index is -0.940. The first-order valence-corrected chi connectivity index (χ1v) is 7.90. The van der Waals surface area contributed by atoms with Gasteiger partial charge in [0.2, 0.25) is 0 Å². The van der Waals surface area contributed by atoms with Gasteiger partial charge in [-0.15, -0.1) is 0 Å². The lowest BCUT2D eigenvalue weighted by Gasteiger charge is -2.12. The lowest BCUT2D eigenvalue weighted by Crippen LogP contribution is -2.43. The molecule has 0 spiro atoms. The minimum Gasteiger partial charge on any atom is -0.340 e. The molecule has 2 aromatic rings. The van der Waals surface area contributed by atoms with E-state index < -0.39 is 27.7 Å². The Morgan fingerprint density at radius 2 is 1.68 bits per heavy atom. The number of nitro benzene ring substituents is 2. The SMILES string of the molecule is CC(NC(=O)c1ccc([N+](=O)[O-])cc1)C(=O)NN=Cc1cccc([N+](=O)[O-])c1. The van der Waals surface area contributed by atoms with Gasteiger partial charge >= 0.3 is 0 Å². The zero-order valence-electron chi connectivity index (χ0n) is 14.6. The van der Waals surface area contributed by atoms with E-state index in [0.29, 0.717) is 5.56 Å². The fraction of sp³-hybridized carbons (Fsp3) is 0.118. The Kier molecular flexibility index (Phi) is 6.47. The number of rotatable bonds is 7. The smallest absolute Gasteiger partial charge is 0.270 e. The van der Waals surface area contributed by atoms with Gasteiger partial charge in [0.05, 0.1) is 16.1 Å². The molecule has 2 rings (SSSR count). The fourth-order valence-electron chi connectivity index (χ4n) is 2.07. The number of hydrazone groups is 1. The van der Waals surface area contributed by atoms with Crippen molar-refractivity contribution >= 4 is 29.4 Å². The van der Waals surface area contributed by atoms with E-state index in [0.717, 1.165) is 0 Å². The first kappa shape index (κ1) is 20.2. The van der Waals surface area contributed by atoms with Crippen LogP contribution in [0.15, 0.2) is 53.6 Å². The van der Waals surface area contributed by atoms with E-state index in [1.807, 2.05) is 0 Å². The number of nitrogens with zero attached hydrogens (tertiary/aromatic N) is 3. The number of nitrogens with one attached hydrogen (secondary N) is 2. The van der Waals surface area contributed by atoms with E-state index in [9.17, 15) is 29.8 Å². The van der Waals surface area contributed by atoms with E-state index >= 15 is 0 Å². The van der Waals surface area contributed by atoms with Crippen LogP contribution in [-0.4, -0.2) is 33.9 Å². The third-order valence-corrected chi connectivity index (χ3v) is 3.55. The number of non-ortho nitro benzene ring substituents is 2. The van der Waals surface area contributed by atoms with E-state index in [-0.39, 0.29) is 16.9 Å². The van der Waals surface area contributed by atoms with Crippen LogP contribution in [0.5, 0.6) is 0 Å². The molecule has 144 valence electrons. The van der Waals surface area contributed by atoms with Crippen molar-refractivity contribution in [2.24, 2.45) is 5.10 Å². The molecule has 1 unspecified atom stereocenters. The minimum absolute atomic E-state index is 0.112. The number of nitro groups is 2. The monoisotopic (exact) mass is 385 g/mol. The van der Waals surface area contributed by atoms with E-state index in [1.54, 1.807) is 6.07 Å². The Morgan fingerprint density at radius 3 is 2.29 bits per heavy atom. The molecule has 2 N–H and O–H groups in total. The van der Waals surface area contributed by atoms with Gasteiger partial charge in [0.1, 0.15) is 6.04 Å². The lowest BCUT2D eigenvalue weighted by molar-refractivity contribution is -0.385. The average Bonchev–Trinajstić information content (AvgIpc) is 2.68. The third kappa shape index (κ3) is 5.42. The molecule has 0 fully saturated rings. The second-order valence-corrected chi connectivity index (χ2v) is 5.59. The molecule has 11 nitrogen and oxygen atoms in total. The second kappa shape index (κ2) is 8.98. The van der Waals surface area contributed by atoms with E-state index in [2.05, 4.69) is 15.8 Å². The van der Waals surface area contributed by atoms with Gasteiger partial charge in [0.25, 0.3) is 23.2 Å². The van der Waals surface area contributed by atoms with Crippen molar-refractivity contribution in [1.29, 1.82) is 0 Å². The van der Waals surface area contributed by atoms with Gasteiger partial charge in [-0.25, -0.2) is 5.43 Å². The summed E-state index contributed by atoms with van der Waals surface area (Å²) in [5, 5.41) is 27.5. The first-order valence-electron chi connectivity index (χ1n) is 7.90. The summed E-state index contributed by atoms with van der Waals surface area (Å²) in [6.07, 6.45) is 1.23. The molecule has 0 aromatic heterocycles. The quantitative estimate of drug-likeness (QED) is 0.420. The maximum absolute atomic E-state index is 12.1. The van der Waals surface area contributed by atoms with Crippen LogP contribution in [0.4, 0.5) is 11.4 Å². The molecule has 0 aliphatic rings. The topological polar surface area (TPSA) is 157 Å². The van der Waals surface area contributed by atoms with Crippen LogP contribution in [0.25, 0.3) is 0 Å². The zero-order valence-corrected chi connectivity index (χ0v) is 14.6. The molecule has 11 heteroatoms. The summed E-state index contributed by atoms with van der Waals surface area (Å²) in [7, 11) is 0. The summed E-state index contributed by atoms with van der Waals surface area (Å²) in [6.45, 7) is 1.43. The maximum atomic E-state index is 12.1. The molecule has 28 heavy (non-hydrogen) atoms. The van der Waals surface area contributed by atoms with Crippen molar-refractivity contribution in [2.45, 2.75) is 13.0 Å². The van der Waals surface area contributed by atoms with Gasteiger partial charge in [0, 0.05) is 35.4 Å². The highest BCUT2D eigenvalue weighted by molar-refractivity contribution is 5.97. The Bertz CT molecular complexity index is 941. The number of amides is 2. The van der Waals surface area contributed by atoms with Gasteiger partial charge in [-0.3, -0.25) is 29.8 Å². The molecule has 0 saturated heterocycles. The highest BCUT2D eigenvalue weighted by Crippen LogP contribution is 2.12. The Balaban J connectivity index is 1.91. The largest absolute Gasteiger partial charge is 0.340 e. The molecule has 2 amide bonds. The predicted molar refractivity (Wildman–Crippen MR) is 98.9 cm³/mol. The van der Waals surface area contributed by atoms with Crippen LogP contribution >= 0.6 is 0 Å². The first-order chi connectivity index (χ1) is 13.3. The maximum Gasteiger partial charge on any atom is 0.270 e. The van der Waals surface area contributed by atoms with Crippen molar-refractivity contribution in [2.75, 3.05) is 0 Å². The van der Waals surface area contributed by atoms with Crippen LogP contribution < -0.4 is 10.7 Å². The van der Waals surface area contributed by atoms with Crippen molar-refractivity contribution < 1.29 is 19.4 Å². The predicted octanol–water partition coefficient (Wildman–Crippen LogP) is 1.77. The molecular formula is C17H15N5O6. The number of carbonyl (C=O) groups excluding carboxylic acids is 2. The summed E-state index contributed by atoms with van der Waals surface area (Å²) in [5.74, 6) is -1.20. The summed E-state index contributed by atoms with van der Waals surface area (Å²) in [4.78, 5) is 44.2. The Morgan fingerprint density at radius 1 is 1.04 bits per heavy atom. The molecule has 0 heterocycles. The van der Waals surface area contributed by atoms with E-state index in [1.165, 1.54) is 55.6 Å². The average molecular weight is 385 g/mol. The van der Waals surface area contributed by atoms with Crippen LogP contribution in [0.2, 0.25) is 0 Å². The number of carbonyl (C=O) groups is 2. The number of hydrogen-bond acceptors (Lipinski definition) is 7. The molecule has 0 aliphatic carbocycles.